The number of benzene rings is 2. The number of carbonyl (C=O) groups is 2. The molecule has 7 nitrogen and oxygen atoms in total. The van der Waals surface area contributed by atoms with Gasteiger partial charge in [-0.25, -0.2) is 0 Å². The maximum atomic E-state index is 13.2. The van der Waals surface area contributed by atoms with Crippen molar-refractivity contribution in [1.82, 2.24) is 4.98 Å². The van der Waals surface area contributed by atoms with E-state index in [1.54, 1.807) is 19.9 Å². The summed E-state index contributed by atoms with van der Waals surface area (Å²) in [5.41, 5.74) is 2.35. The summed E-state index contributed by atoms with van der Waals surface area (Å²) in [6.45, 7) is 7.75. The van der Waals surface area contributed by atoms with Gasteiger partial charge in [0.1, 0.15) is 0 Å². The summed E-state index contributed by atoms with van der Waals surface area (Å²) in [6, 6.07) is 11.3. The number of aromatic nitrogens is 1. The molecule has 1 atom stereocenters. The number of H-pyrrole nitrogens is 1. The first-order valence-corrected chi connectivity index (χ1v) is 11.7. The van der Waals surface area contributed by atoms with Crippen molar-refractivity contribution in [2.24, 2.45) is 5.92 Å². The molecule has 1 N–H and O–H groups in total. The molecule has 0 saturated carbocycles. The van der Waals surface area contributed by atoms with Crippen LogP contribution in [0.2, 0.25) is 0 Å². The van der Waals surface area contributed by atoms with Crippen LogP contribution in [-0.4, -0.2) is 35.9 Å². The zero-order valence-electron chi connectivity index (χ0n) is 18.9. The summed E-state index contributed by atoms with van der Waals surface area (Å²) in [5, 5.41) is 0.895. The highest BCUT2D eigenvalue weighted by Crippen LogP contribution is 2.46. The maximum absolute atomic E-state index is 13.2. The number of fused-ring (bicyclic) bond motifs is 1. The first-order chi connectivity index (χ1) is 15.8. The van der Waals surface area contributed by atoms with E-state index in [4.69, 9.17) is 18.9 Å². The molecule has 0 aliphatic carbocycles. The molecule has 0 unspecified atom stereocenters. The first kappa shape index (κ1) is 23.2. The minimum Gasteiger partial charge on any atom is -0.490 e. The molecule has 33 heavy (non-hydrogen) atoms. The Bertz CT molecular complexity index is 1180. The highest BCUT2D eigenvalue weighted by molar-refractivity contribution is 9.10. The van der Waals surface area contributed by atoms with Crippen LogP contribution in [-0.2, 0) is 19.1 Å². The van der Waals surface area contributed by atoms with Gasteiger partial charge in [0, 0.05) is 41.3 Å². The standard InChI is InChI=1S/C25H26BrNO6/c1-5-30-19-11-15(17(26)12-20(19)31-6-2)21(16-13-27-18-10-8-7-9-14(16)18)22-23(28)32-25(3,4)33-24(22)29/h7-13,21-22,27H,5-6H2,1-4H3/t21-/m1/s1. The van der Waals surface area contributed by atoms with Crippen molar-refractivity contribution >= 4 is 38.8 Å². The monoisotopic (exact) mass is 515 g/mol. The normalized spacial score (nSPS) is 16.9. The summed E-state index contributed by atoms with van der Waals surface area (Å²) < 4.78 is 23.2. The van der Waals surface area contributed by atoms with Crippen LogP contribution in [0.3, 0.4) is 0 Å². The third kappa shape index (κ3) is 4.44. The number of esters is 2. The van der Waals surface area contributed by atoms with Gasteiger partial charge in [-0.1, -0.05) is 34.1 Å². The van der Waals surface area contributed by atoms with E-state index in [0.29, 0.717) is 34.7 Å². The fourth-order valence-electron chi connectivity index (χ4n) is 4.20. The van der Waals surface area contributed by atoms with Crippen LogP contribution in [0.1, 0.15) is 44.7 Å². The van der Waals surface area contributed by atoms with Crippen LogP contribution in [0.25, 0.3) is 10.9 Å². The number of hydrogen-bond acceptors (Lipinski definition) is 6. The largest absolute Gasteiger partial charge is 0.490 e. The number of para-hydroxylation sites is 1. The number of nitrogens with one attached hydrogen (secondary N) is 1. The smallest absolute Gasteiger partial charge is 0.324 e. The lowest BCUT2D eigenvalue weighted by Gasteiger charge is -2.36. The van der Waals surface area contributed by atoms with Gasteiger partial charge in [0.15, 0.2) is 17.4 Å². The molecule has 3 aromatic rings. The Kier molecular flexibility index (Phi) is 6.38. The van der Waals surface area contributed by atoms with Gasteiger partial charge in [-0.3, -0.25) is 9.59 Å². The van der Waals surface area contributed by atoms with E-state index in [-0.39, 0.29) is 0 Å². The van der Waals surface area contributed by atoms with E-state index in [1.165, 1.54) is 0 Å². The molecular formula is C25H26BrNO6. The molecule has 1 aliphatic rings. The lowest BCUT2D eigenvalue weighted by molar-refractivity contribution is -0.240. The molecule has 0 bridgehead atoms. The van der Waals surface area contributed by atoms with E-state index < -0.39 is 29.6 Å². The Morgan fingerprint density at radius 2 is 1.61 bits per heavy atom. The molecule has 0 spiro atoms. The molecule has 0 amide bonds. The molecule has 0 radical (unpaired) electrons. The highest BCUT2D eigenvalue weighted by Gasteiger charge is 2.49. The average molecular weight is 516 g/mol. The summed E-state index contributed by atoms with van der Waals surface area (Å²) in [4.78, 5) is 29.5. The van der Waals surface area contributed by atoms with Gasteiger partial charge in [0.2, 0.25) is 0 Å². The number of ether oxygens (including phenoxy) is 4. The van der Waals surface area contributed by atoms with Gasteiger partial charge in [0.05, 0.1) is 13.2 Å². The second kappa shape index (κ2) is 9.09. The molecule has 4 rings (SSSR count). The van der Waals surface area contributed by atoms with Crippen molar-refractivity contribution < 1.29 is 28.5 Å². The van der Waals surface area contributed by atoms with Gasteiger partial charge in [-0.05, 0) is 43.2 Å². The minimum absolute atomic E-state index is 0.431. The van der Waals surface area contributed by atoms with E-state index in [2.05, 4.69) is 20.9 Å². The average Bonchev–Trinajstić information content (AvgIpc) is 3.16. The van der Waals surface area contributed by atoms with Gasteiger partial charge in [-0.2, -0.15) is 0 Å². The lowest BCUT2D eigenvalue weighted by atomic mass is 9.79. The van der Waals surface area contributed by atoms with Crippen LogP contribution in [0.4, 0.5) is 0 Å². The highest BCUT2D eigenvalue weighted by atomic mass is 79.9. The molecule has 2 aromatic carbocycles. The molecule has 174 valence electrons. The Labute approximate surface area is 200 Å². The molecule has 1 fully saturated rings. The van der Waals surface area contributed by atoms with Crippen LogP contribution < -0.4 is 9.47 Å². The summed E-state index contributed by atoms with van der Waals surface area (Å²) in [6.07, 6.45) is 1.82. The first-order valence-electron chi connectivity index (χ1n) is 10.9. The van der Waals surface area contributed by atoms with Gasteiger partial charge >= 0.3 is 11.9 Å². The van der Waals surface area contributed by atoms with Crippen molar-refractivity contribution in [2.75, 3.05) is 13.2 Å². The molecule has 2 heterocycles. The second-order valence-electron chi connectivity index (χ2n) is 8.17. The summed E-state index contributed by atoms with van der Waals surface area (Å²) in [5.74, 6) is -3.37. The Morgan fingerprint density at radius 1 is 1.00 bits per heavy atom. The predicted molar refractivity (Wildman–Crippen MR) is 126 cm³/mol. The molecule has 8 heteroatoms. The van der Waals surface area contributed by atoms with Gasteiger partial charge in [-0.15, -0.1) is 0 Å². The van der Waals surface area contributed by atoms with Crippen LogP contribution in [0, 0.1) is 5.92 Å². The Balaban J connectivity index is 1.93. The van der Waals surface area contributed by atoms with Gasteiger partial charge < -0.3 is 23.9 Å². The summed E-state index contributed by atoms with van der Waals surface area (Å²) >= 11 is 3.63. The zero-order valence-corrected chi connectivity index (χ0v) is 20.5. The van der Waals surface area contributed by atoms with E-state index in [0.717, 1.165) is 16.5 Å². The van der Waals surface area contributed by atoms with Crippen LogP contribution in [0.5, 0.6) is 11.5 Å². The van der Waals surface area contributed by atoms with Crippen LogP contribution >= 0.6 is 15.9 Å². The quantitative estimate of drug-likeness (QED) is 0.338. The fourth-order valence-corrected chi connectivity index (χ4v) is 4.77. The van der Waals surface area contributed by atoms with Crippen molar-refractivity contribution in [3.8, 4) is 11.5 Å². The number of halogens is 1. The van der Waals surface area contributed by atoms with Crippen molar-refractivity contribution in [3.05, 3.63) is 58.2 Å². The van der Waals surface area contributed by atoms with Crippen molar-refractivity contribution in [3.63, 3.8) is 0 Å². The molecule has 1 aliphatic heterocycles. The number of rotatable bonds is 7. The third-order valence-corrected chi connectivity index (χ3v) is 6.17. The Morgan fingerprint density at radius 3 is 2.24 bits per heavy atom. The van der Waals surface area contributed by atoms with E-state index in [9.17, 15) is 9.59 Å². The maximum Gasteiger partial charge on any atom is 0.324 e. The molecular weight excluding hydrogens is 490 g/mol. The summed E-state index contributed by atoms with van der Waals surface area (Å²) in [7, 11) is 0. The topological polar surface area (TPSA) is 86.9 Å². The number of carbonyl (C=O) groups excluding carboxylic acids is 2. The van der Waals surface area contributed by atoms with Gasteiger partial charge in [0.25, 0.3) is 5.79 Å². The van der Waals surface area contributed by atoms with E-state index in [1.807, 2.05) is 50.4 Å². The number of aromatic amines is 1. The molecule has 1 aromatic heterocycles. The van der Waals surface area contributed by atoms with Crippen LogP contribution in [0.15, 0.2) is 47.1 Å². The van der Waals surface area contributed by atoms with Crippen molar-refractivity contribution in [2.45, 2.75) is 39.4 Å². The minimum atomic E-state index is -1.32. The van der Waals surface area contributed by atoms with E-state index >= 15 is 0 Å². The SMILES string of the molecule is CCOc1cc(Br)c([C@H](c2c[nH]c3ccccc23)C2C(=O)OC(C)(C)OC2=O)cc1OCC. The second-order valence-corrected chi connectivity index (χ2v) is 9.03. The Hall–Kier alpha value is -3.00. The predicted octanol–water partition coefficient (Wildman–Crippen LogP) is 5.31. The lowest BCUT2D eigenvalue weighted by Crippen LogP contribution is -2.48. The number of cyclic esters (lactones) is 2. The van der Waals surface area contributed by atoms with Crippen molar-refractivity contribution in [1.29, 1.82) is 0 Å². The number of hydrogen-bond donors (Lipinski definition) is 1. The third-order valence-electron chi connectivity index (χ3n) is 5.49. The fraction of sp³-hybridized carbons (Fsp3) is 0.360. The molecule has 1 saturated heterocycles. The zero-order chi connectivity index (χ0) is 23.8.